The Kier molecular flexibility index (Phi) is 3.02. The van der Waals surface area contributed by atoms with Gasteiger partial charge in [0.1, 0.15) is 6.10 Å². The second-order valence-corrected chi connectivity index (χ2v) is 3.86. The van der Waals surface area contributed by atoms with Gasteiger partial charge in [-0.3, -0.25) is 4.79 Å². The van der Waals surface area contributed by atoms with E-state index >= 15 is 0 Å². The summed E-state index contributed by atoms with van der Waals surface area (Å²) in [6, 6.07) is 0. The van der Waals surface area contributed by atoms with Crippen LogP contribution in [0.5, 0.6) is 0 Å². The summed E-state index contributed by atoms with van der Waals surface area (Å²) < 4.78 is 32.2. The third kappa shape index (κ3) is 1.99. The quantitative estimate of drug-likeness (QED) is 0.561. The molecule has 2 aliphatic rings. The Balaban J connectivity index is 2.16. The topological polar surface area (TPSA) is 82.0 Å². The Hall–Kier alpha value is -1.25. The summed E-state index contributed by atoms with van der Waals surface area (Å²) in [5.74, 6) is -3.90. The number of amides is 1. The van der Waals surface area contributed by atoms with E-state index in [2.05, 4.69) is 5.32 Å². The van der Waals surface area contributed by atoms with Crippen LogP contribution in [-0.4, -0.2) is 58.7 Å². The summed E-state index contributed by atoms with van der Waals surface area (Å²) in [6.07, 6.45) is -2.85. The van der Waals surface area contributed by atoms with Gasteiger partial charge in [-0.2, -0.15) is 8.78 Å². The number of aliphatic hydroxyl groups is 2. The van der Waals surface area contributed by atoms with E-state index in [1.807, 2.05) is 0 Å². The Bertz CT molecular complexity index is 350. The first-order valence-corrected chi connectivity index (χ1v) is 5.01. The summed E-state index contributed by atoms with van der Waals surface area (Å²) in [5.41, 5.74) is 0. The Labute approximate surface area is 95.5 Å². The third-order valence-electron chi connectivity index (χ3n) is 2.71. The van der Waals surface area contributed by atoms with Crippen LogP contribution in [0.3, 0.4) is 0 Å². The molecule has 3 atom stereocenters. The normalized spacial score (nSPS) is 36.1. The van der Waals surface area contributed by atoms with Crippen LogP contribution in [0.4, 0.5) is 8.78 Å². The van der Waals surface area contributed by atoms with E-state index in [9.17, 15) is 18.7 Å². The highest BCUT2D eigenvalue weighted by atomic mass is 19.3. The van der Waals surface area contributed by atoms with Crippen molar-refractivity contribution in [3.63, 3.8) is 0 Å². The molecule has 0 saturated carbocycles. The number of nitrogens with zero attached hydrogens (tertiary/aromatic N) is 1. The number of alkyl halides is 2. The number of carbonyl (C=O) groups excluding carboxylic acids is 1. The van der Waals surface area contributed by atoms with Crippen LogP contribution >= 0.6 is 0 Å². The standard InChI is InChI=1S/C9H12F2N2O4/c10-9(11)7(16)5(3-14)17-8(9)13-2-1-6(15)12-4-13/h1-2,5,7-8,14,16H,3-4H2,(H,12,15)/t5-,7-,8-/m1/s1. The van der Waals surface area contributed by atoms with Crippen molar-refractivity contribution in [3.05, 3.63) is 12.3 Å². The average Bonchev–Trinajstić information content (AvgIpc) is 2.53. The van der Waals surface area contributed by atoms with Gasteiger partial charge < -0.3 is 25.2 Å². The van der Waals surface area contributed by atoms with Gasteiger partial charge in [0, 0.05) is 12.3 Å². The van der Waals surface area contributed by atoms with Gasteiger partial charge in [0.05, 0.1) is 13.3 Å². The van der Waals surface area contributed by atoms with Crippen LogP contribution in [0.25, 0.3) is 0 Å². The van der Waals surface area contributed by atoms with Crippen molar-refractivity contribution in [1.82, 2.24) is 10.2 Å². The molecule has 0 aromatic rings. The van der Waals surface area contributed by atoms with Crippen LogP contribution in [0.1, 0.15) is 0 Å². The molecule has 0 unspecified atom stereocenters. The molecule has 6 nitrogen and oxygen atoms in total. The smallest absolute Gasteiger partial charge is 0.319 e. The van der Waals surface area contributed by atoms with E-state index in [0.29, 0.717) is 0 Å². The molecule has 2 aliphatic heterocycles. The molecular formula is C9H12F2N2O4. The van der Waals surface area contributed by atoms with Crippen molar-refractivity contribution in [3.8, 4) is 0 Å². The number of hydrogen-bond donors (Lipinski definition) is 3. The second-order valence-electron chi connectivity index (χ2n) is 3.86. The van der Waals surface area contributed by atoms with E-state index < -0.39 is 31.0 Å². The van der Waals surface area contributed by atoms with Gasteiger partial charge in [-0.15, -0.1) is 0 Å². The van der Waals surface area contributed by atoms with E-state index in [1.165, 1.54) is 6.20 Å². The summed E-state index contributed by atoms with van der Waals surface area (Å²) in [4.78, 5) is 11.9. The summed E-state index contributed by atoms with van der Waals surface area (Å²) >= 11 is 0. The number of halogens is 2. The Morgan fingerprint density at radius 1 is 1.65 bits per heavy atom. The minimum atomic E-state index is -3.51. The first kappa shape index (κ1) is 12.2. The fourth-order valence-corrected chi connectivity index (χ4v) is 1.77. The molecule has 1 saturated heterocycles. The molecule has 0 bridgehead atoms. The largest absolute Gasteiger partial charge is 0.394 e. The lowest BCUT2D eigenvalue weighted by molar-refractivity contribution is -0.159. The molecule has 2 heterocycles. The maximum atomic E-state index is 13.6. The van der Waals surface area contributed by atoms with Crippen molar-refractivity contribution >= 4 is 5.91 Å². The molecule has 96 valence electrons. The molecular weight excluding hydrogens is 238 g/mol. The zero-order valence-electron chi connectivity index (χ0n) is 8.72. The first-order chi connectivity index (χ1) is 7.96. The second kappa shape index (κ2) is 4.21. The monoisotopic (exact) mass is 250 g/mol. The molecule has 8 heteroatoms. The van der Waals surface area contributed by atoms with Gasteiger partial charge in [-0.25, -0.2) is 0 Å². The molecule has 0 aromatic carbocycles. The number of rotatable bonds is 2. The van der Waals surface area contributed by atoms with Gasteiger partial charge in [-0.1, -0.05) is 0 Å². The zero-order chi connectivity index (χ0) is 12.6. The van der Waals surface area contributed by atoms with Crippen LogP contribution in [-0.2, 0) is 9.53 Å². The molecule has 1 amide bonds. The van der Waals surface area contributed by atoms with Crippen molar-refractivity contribution in [2.45, 2.75) is 24.4 Å². The summed E-state index contributed by atoms with van der Waals surface area (Å²) in [7, 11) is 0. The van der Waals surface area contributed by atoms with E-state index in [0.717, 1.165) is 11.0 Å². The van der Waals surface area contributed by atoms with Gasteiger partial charge in [0.15, 0.2) is 12.3 Å². The lowest BCUT2D eigenvalue weighted by Crippen LogP contribution is -2.51. The van der Waals surface area contributed by atoms with Crippen molar-refractivity contribution in [2.75, 3.05) is 13.3 Å². The number of ether oxygens (including phenoxy) is 1. The molecule has 1 fully saturated rings. The lowest BCUT2D eigenvalue weighted by Gasteiger charge is -2.32. The molecule has 0 radical (unpaired) electrons. The van der Waals surface area contributed by atoms with Crippen molar-refractivity contribution in [1.29, 1.82) is 0 Å². The number of aliphatic hydroxyl groups excluding tert-OH is 2. The number of nitrogens with one attached hydrogen (secondary N) is 1. The molecule has 17 heavy (non-hydrogen) atoms. The number of carbonyl (C=O) groups is 1. The first-order valence-electron chi connectivity index (χ1n) is 5.01. The highest BCUT2D eigenvalue weighted by molar-refractivity contribution is 5.87. The Morgan fingerprint density at radius 2 is 2.35 bits per heavy atom. The summed E-state index contributed by atoms with van der Waals surface area (Å²) in [5, 5.41) is 20.4. The zero-order valence-corrected chi connectivity index (χ0v) is 8.72. The van der Waals surface area contributed by atoms with Gasteiger partial charge >= 0.3 is 5.92 Å². The minimum Gasteiger partial charge on any atom is -0.394 e. The molecule has 0 aromatic heterocycles. The fourth-order valence-electron chi connectivity index (χ4n) is 1.77. The highest BCUT2D eigenvalue weighted by Gasteiger charge is 2.60. The van der Waals surface area contributed by atoms with Crippen LogP contribution in [0, 0.1) is 0 Å². The van der Waals surface area contributed by atoms with Gasteiger partial charge in [-0.05, 0) is 0 Å². The van der Waals surface area contributed by atoms with Crippen LogP contribution in [0.15, 0.2) is 12.3 Å². The van der Waals surface area contributed by atoms with E-state index in [4.69, 9.17) is 9.84 Å². The highest BCUT2D eigenvalue weighted by Crippen LogP contribution is 2.38. The van der Waals surface area contributed by atoms with Crippen LogP contribution < -0.4 is 5.32 Å². The third-order valence-corrected chi connectivity index (χ3v) is 2.71. The average molecular weight is 250 g/mol. The maximum absolute atomic E-state index is 13.6. The number of hydrogen-bond acceptors (Lipinski definition) is 5. The van der Waals surface area contributed by atoms with Gasteiger partial charge in [0.2, 0.25) is 5.91 Å². The van der Waals surface area contributed by atoms with Crippen molar-refractivity contribution in [2.24, 2.45) is 0 Å². The SMILES string of the molecule is O=C1C=CN([C@@H]2O[C@H](CO)[C@@H](O)C2(F)F)CN1. The molecule has 3 N–H and O–H groups in total. The van der Waals surface area contributed by atoms with Gasteiger partial charge in [0.25, 0.3) is 0 Å². The predicted molar refractivity (Wildman–Crippen MR) is 50.7 cm³/mol. The van der Waals surface area contributed by atoms with Crippen molar-refractivity contribution < 1.29 is 28.5 Å². The minimum absolute atomic E-state index is 0.138. The lowest BCUT2D eigenvalue weighted by atomic mass is 10.1. The Morgan fingerprint density at radius 3 is 2.82 bits per heavy atom. The summed E-state index contributed by atoms with van der Waals surface area (Å²) in [6.45, 7) is -0.836. The molecule has 0 aliphatic carbocycles. The maximum Gasteiger partial charge on any atom is 0.319 e. The molecule has 2 rings (SSSR count). The van der Waals surface area contributed by atoms with E-state index in [-0.39, 0.29) is 12.6 Å². The van der Waals surface area contributed by atoms with Crippen LogP contribution in [0.2, 0.25) is 0 Å². The van der Waals surface area contributed by atoms with E-state index in [1.54, 1.807) is 0 Å². The predicted octanol–water partition coefficient (Wildman–Crippen LogP) is -1.40. The fraction of sp³-hybridized carbons (Fsp3) is 0.667. The molecule has 0 spiro atoms.